The molecule has 0 atom stereocenters. The Morgan fingerprint density at radius 1 is 1.28 bits per heavy atom. The maximum atomic E-state index is 12.0. The Morgan fingerprint density at radius 2 is 2.00 bits per heavy atom. The molecule has 0 fully saturated rings. The summed E-state index contributed by atoms with van der Waals surface area (Å²) in [5.41, 5.74) is 1.72. The fourth-order valence-electron chi connectivity index (χ4n) is 2.19. The lowest BCUT2D eigenvalue weighted by Crippen LogP contribution is -2.11. The van der Waals surface area contributed by atoms with E-state index in [4.69, 9.17) is 9.56 Å². The number of carbonyl (C=O) groups is 1. The van der Waals surface area contributed by atoms with Crippen molar-refractivity contribution >= 4 is 32.4 Å². The number of carbonyl (C=O) groups excluding carboxylic acids is 1. The normalized spacial score (nSPS) is 11.4. The zero-order valence-corrected chi connectivity index (χ0v) is 14.9. The van der Waals surface area contributed by atoms with Gasteiger partial charge in [-0.1, -0.05) is 12.1 Å². The van der Waals surface area contributed by atoms with Crippen LogP contribution >= 0.6 is 11.3 Å². The van der Waals surface area contributed by atoms with Crippen molar-refractivity contribution in [3.63, 3.8) is 0 Å². The molecule has 0 bridgehead atoms. The SMILES string of the molecule is Cc1nc(NC(=O)c2ccco2)sc1Cc1ccc(S(N)(=O)=O)cc1. The summed E-state index contributed by atoms with van der Waals surface area (Å²) >= 11 is 1.36. The predicted octanol–water partition coefficient (Wildman–Crippen LogP) is 2.54. The summed E-state index contributed by atoms with van der Waals surface area (Å²) < 4.78 is 27.6. The highest BCUT2D eigenvalue weighted by Crippen LogP contribution is 2.26. The van der Waals surface area contributed by atoms with Crippen LogP contribution in [0.4, 0.5) is 5.13 Å². The molecular weight excluding hydrogens is 362 g/mol. The molecular formula is C16H15N3O4S2. The number of hydrogen-bond acceptors (Lipinski definition) is 6. The molecule has 0 aliphatic rings. The third kappa shape index (κ3) is 4.13. The van der Waals surface area contributed by atoms with Crippen molar-refractivity contribution in [1.82, 2.24) is 4.98 Å². The largest absolute Gasteiger partial charge is 0.459 e. The molecule has 1 amide bonds. The standard InChI is InChI=1S/C16H15N3O4S2/c1-10-14(9-11-4-6-12(7-5-11)25(17,21)22)24-16(18-10)19-15(20)13-3-2-8-23-13/h2-8H,9H2,1H3,(H2,17,21,22)(H,18,19,20). The Hall–Kier alpha value is -2.49. The van der Waals surface area contributed by atoms with Gasteiger partial charge in [-0.2, -0.15) is 0 Å². The molecule has 9 heteroatoms. The monoisotopic (exact) mass is 377 g/mol. The Morgan fingerprint density at radius 3 is 2.60 bits per heavy atom. The van der Waals surface area contributed by atoms with Gasteiger partial charge >= 0.3 is 0 Å². The van der Waals surface area contributed by atoms with E-state index >= 15 is 0 Å². The number of amides is 1. The molecule has 0 saturated heterocycles. The molecule has 0 aliphatic carbocycles. The predicted molar refractivity (Wildman–Crippen MR) is 94.1 cm³/mol. The van der Waals surface area contributed by atoms with Crippen molar-refractivity contribution < 1.29 is 17.6 Å². The van der Waals surface area contributed by atoms with Gasteiger partial charge in [0, 0.05) is 11.3 Å². The van der Waals surface area contributed by atoms with Crippen LogP contribution in [-0.2, 0) is 16.4 Å². The van der Waals surface area contributed by atoms with Gasteiger partial charge in [0.2, 0.25) is 10.0 Å². The highest BCUT2D eigenvalue weighted by atomic mass is 32.2. The molecule has 3 rings (SSSR count). The number of aromatic nitrogens is 1. The Bertz CT molecular complexity index is 991. The van der Waals surface area contributed by atoms with Crippen molar-refractivity contribution in [3.8, 4) is 0 Å². The van der Waals surface area contributed by atoms with Crippen LogP contribution in [0.25, 0.3) is 0 Å². The highest BCUT2D eigenvalue weighted by molar-refractivity contribution is 7.89. The second-order valence-electron chi connectivity index (χ2n) is 5.32. The summed E-state index contributed by atoms with van der Waals surface area (Å²) in [6.45, 7) is 1.85. The van der Waals surface area contributed by atoms with E-state index in [1.807, 2.05) is 6.92 Å². The van der Waals surface area contributed by atoms with E-state index in [2.05, 4.69) is 10.3 Å². The summed E-state index contributed by atoms with van der Waals surface area (Å²) in [7, 11) is -3.70. The first-order chi connectivity index (χ1) is 11.8. The smallest absolute Gasteiger partial charge is 0.293 e. The fourth-order valence-corrected chi connectivity index (χ4v) is 3.70. The molecule has 2 aromatic heterocycles. The van der Waals surface area contributed by atoms with E-state index in [9.17, 15) is 13.2 Å². The molecule has 0 aliphatic heterocycles. The minimum Gasteiger partial charge on any atom is -0.459 e. The number of thiazole rings is 1. The number of nitrogens with zero attached hydrogens (tertiary/aromatic N) is 1. The van der Waals surface area contributed by atoms with Gasteiger partial charge in [-0.3, -0.25) is 10.1 Å². The molecule has 0 saturated carbocycles. The number of nitrogens with two attached hydrogens (primary N) is 1. The summed E-state index contributed by atoms with van der Waals surface area (Å²) in [6, 6.07) is 9.57. The van der Waals surface area contributed by atoms with E-state index in [1.54, 1.807) is 24.3 Å². The highest BCUT2D eigenvalue weighted by Gasteiger charge is 2.14. The quantitative estimate of drug-likeness (QED) is 0.709. The van der Waals surface area contributed by atoms with Crippen LogP contribution in [0.5, 0.6) is 0 Å². The lowest BCUT2D eigenvalue weighted by molar-refractivity contribution is 0.0996. The molecule has 1 aromatic carbocycles. The third-order valence-corrected chi connectivity index (χ3v) is 5.48. The van der Waals surface area contributed by atoms with Crippen molar-refractivity contribution in [2.24, 2.45) is 5.14 Å². The van der Waals surface area contributed by atoms with E-state index < -0.39 is 10.0 Å². The molecule has 25 heavy (non-hydrogen) atoms. The molecule has 2 heterocycles. The second kappa shape index (κ2) is 6.79. The van der Waals surface area contributed by atoms with Crippen LogP contribution in [0.2, 0.25) is 0 Å². The number of primary sulfonamides is 1. The van der Waals surface area contributed by atoms with Gasteiger partial charge in [0.25, 0.3) is 5.91 Å². The maximum Gasteiger partial charge on any atom is 0.293 e. The summed E-state index contributed by atoms with van der Waals surface area (Å²) in [5.74, 6) is -0.143. The summed E-state index contributed by atoms with van der Waals surface area (Å²) in [4.78, 5) is 17.4. The van der Waals surface area contributed by atoms with Crippen LogP contribution in [0.15, 0.2) is 52.0 Å². The molecule has 0 radical (unpaired) electrons. The van der Waals surface area contributed by atoms with Crippen LogP contribution in [0, 0.1) is 6.92 Å². The summed E-state index contributed by atoms with van der Waals surface area (Å²) in [6.07, 6.45) is 2.00. The van der Waals surface area contributed by atoms with E-state index in [0.717, 1.165) is 16.1 Å². The van der Waals surface area contributed by atoms with Gasteiger partial charge in [-0.25, -0.2) is 18.5 Å². The topological polar surface area (TPSA) is 115 Å². The van der Waals surface area contributed by atoms with Gasteiger partial charge in [0.15, 0.2) is 10.9 Å². The van der Waals surface area contributed by atoms with Crippen molar-refractivity contribution in [3.05, 3.63) is 64.6 Å². The Kier molecular flexibility index (Phi) is 4.71. The maximum absolute atomic E-state index is 12.0. The molecule has 3 aromatic rings. The Labute approximate surface area is 148 Å². The number of furan rings is 1. The molecule has 7 nitrogen and oxygen atoms in total. The number of nitrogens with one attached hydrogen (secondary N) is 1. The van der Waals surface area contributed by atoms with Gasteiger partial charge in [-0.05, 0) is 36.8 Å². The minimum absolute atomic E-state index is 0.0728. The number of benzene rings is 1. The number of sulfonamides is 1. The molecule has 130 valence electrons. The second-order valence-corrected chi connectivity index (χ2v) is 7.97. The van der Waals surface area contributed by atoms with E-state index in [-0.39, 0.29) is 16.6 Å². The van der Waals surface area contributed by atoms with Gasteiger partial charge < -0.3 is 4.42 Å². The molecule has 0 spiro atoms. The Balaban J connectivity index is 1.73. The third-order valence-electron chi connectivity index (χ3n) is 3.47. The van der Waals surface area contributed by atoms with Gasteiger partial charge in [0.05, 0.1) is 16.9 Å². The number of rotatable bonds is 5. The van der Waals surface area contributed by atoms with Gasteiger partial charge in [-0.15, -0.1) is 11.3 Å². The van der Waals surface area contributed by atoms with Crippen LogP contribution in [0.1, 0.15) is 26.7 Å². The lowest BCUT2D eigenvalue weighted by Gasteiger charge is -2.02. The first-order valence-corrected chi connectivity index (χ1v) is 9.62. The lowest BCUT2D eigenvalue weighted by atomic mass is 10.1. The number of hydrogen-bond donors (Lipinski definition) is 2. The first-order valence-electron chi connectivity index (χ1n) is 7.26. The molecule has 3 N–H and O–H groups in total. The zero-order valence-electron chi connectivity index (χ0n) is 13.2. The minimum atomic E-state index is -3.70. The molecule has 0 unspecified atom stereocenters. The van der Waals surface area contributed by atoms with Crippen LogP contribution in [-0.4, -0.2) is 19.3 Å². The fraction of sp³-hybridized carbons (Fsp3) is 0.125. The number of anilines is 1. The van der Waals surface area contributed by atoms with E-state index in [0.29, 0.717) is 11.6 Å². The van der Waals surface area contributed by atoms with Crippen LogP contribution < -0.4 is 10.5 Å². The van der Waals surface area contributed by atoms with Crippen molar-refractivity contribution in [2.75, 3.05) is 5.32 Å². The van der Waals surface area contributed by atoms with Crippen LogP contribution in [0.3, 0.4) is 0 Å². The average molecular weight is 377 g/mol. The number of aryl methyl sites for hydroxylation is 1. The van der Waals surface area contributed by atoms with Gasteiger partial charge in [0.1, 0.15) is 0 Å². The summed E-state index contributed by atoms with van der Waals surface area (Å²) in [5, 5.41) is 8.27. The average Bonchev–Trinajstić information content (AvgIpc) is 3.18. The zero-order chi connectivity index (χ0) is 18.0. The van der Waals surface area contributed by atoms with Crippen molar-refractivity contribution in [2.45, 2.75) is 18.2 Å². The van der Waals surface area contributed by atoms with Crippen molar-refractivity contribution in [1.29, 1.82) is 0 Å². The van der Waals surface area contributed by atoms with E-state index in [1.165, 1.54) is 29.7 Å². The first kappa shape index (κ1) is 17.3.